The van der Waals surface area contributed by atoms with E-state index in [0.29, 0.717) is 24.5 Å². The number of halogens is 2. The summed E-state index contributed by atoms with van der Waals surface area (Å²) in [5, 5.41) is 2.18. The van der Waals surface area contributed by atoms with Gasteiger partial charge in [-0.1, -0.05) is 59.2 Å². The van der Waals surface area contributed by atoms with Crippen molar-refractivity contribution in [2.24, 2.45) is 4.99 Å². The van der Waals surface area contributed by atoms with E-state index in [4.69, 9.17) is 23.2 Å². The molecule has 24 heavy (non-hydrogen) atoms. The lowest BCUT2D eigenvalue weighted by atomic mass is 10.1. The molecule has 1 aliphatic heterocycles. The Morgan fingerprint density at radius 1 is 1.08 bits per heavy atom. The molecule has 0 unspecified atom stereocenters. The zero-order valence-corrected chi connectivity index (χ0v) is 15.2. The number of benzene rings is 2. The number of amides is 1. The van der Waals surface area contributed by atoms with Crippen molar-refractivity contribution in [3.05, 3.63) is 69.7 Å². The zero-order valence-electron chi connectivity index (χ0n) is 12.9. The number of hydrogen-bond donors (Lipinski definition) is 0. The van der Waals surface area contributed by atoms with E-state index in [1.165, 1.54) is 0 Å². The third-order valence-electron chi connectivity index (χ3n) is 3.63. The van der Waals surface area contributed by atoms with Gasteiger partial charge in [0.2, 0.25) is 5.91 Å². The van der Waals surface area contributed by atoms with Gasteiger partial charge < -0.3 is 0 Å². The molecular weight excluding hydrogens is 363 g/mol. The first-order chi connectivity index (χ1) is 11.6. The predicted molar refractivity (Wildman–Crippen MR) is 102 cm³/mol. The van der Waals surface area contributed by atoms with Crippen molar-refractivity contribution in [3.63, 3.8) is 0 Å². The Bertz CT molecular complexity index is 762. The molecule has 0 saturated heterocycles. The fraction of sp³-hybridized carbons (Fsp3) is 0.222. The fourth-order valence-corrected chi connectivity index (χ4v) is 3.77. The molecule has 0 aliphatic carbocycles. The van der Waals surface area contributed by atoms with Crippen LogP contribution in [0.15, 0.2) is 53.5 Å². The first-order valence-electron chi connectivity index (χ1n) is 7.58. The summed E-state index contributed by atoms with van der Waals surface area (Å²) >= 11 is 13.5. The second-order valence-electron chi connectivity index (χ2n) is 5.43. The van der Waals surface area contributed by atoms with Crippen molar-refractivity contribution in [2.75, 3.05) is 13.1 Å². The number of aliphatic imine (C=N–C) groups is 1. The standard InChI is InChI=1S/C18H16Cl2N2OS/c19-15-6-4-13(5-7-15)11-17(23)22-9-8-21-18(22)24-12-14-2-1-3-16(20)10-14/h1-7,10H,8-9,11-12H2. The lowest BCUT2D eigenvalue weighted by Gasteiger charge is -2.18. The van der Waals surface area contributed by atoms with Crippen LogP contribution in [0.3, 0.4) is 0 Å². The molecule has 2 aromatic rings. The molecular formula is C18H16Cl2N2OS. The molecule has 1 aliphatic rings. The van der Waals surface area contributed by atoms with Crippen molar-refractivity contribution in [3.8, 4) is 0 Å². The Labute approximate surface area is 155 Å². The van der Waals surface area contributed by atoms with Gasteiger partial charge >= 0.3 is 0 Å². The van der Waals surface area contributed by atoms with Crippen molar-refractivity contribution in [1.29, 1.82) is 0 Å². The molecule has 0 bridgehead atoms. The molecule has 0 saturated carbocycles. The average molecular weight is 379 g/mol. The molecule has 0 aromatic heterocycles. The monoisotopic (exact) mass is 378 g/mol. The molecule has 0 radical (unpaired) electrons. The minimum atomic E-state index is 0.0622. The minimum absolute atomic E-state index is 0.0622. The highest BCUT2D eigenvalue weighted by atomic mass is 35.5. The molecule has 1 amide bonds. The second-order valence-corrected chi connectivity index (χ2v) is 7.25. The van der Waals surface area contributed by atoms with E-state index >= 15 is 0 Å². The van der Waals surface area contributed by atoms with Gasteiger partial charge in [-0.05, 0) is 35.4 Å². The van der Waals surface area contributed by atoms with Crippen molar-refractivity contribution < 1.29 is 4.79 Å². The van der Waals surface area contributed by atoms with Crippen LogP contribution in [-0.2, 0) is 17.0 Å². The van der Waals surface area contributed by atoms with Crippen LogP contribution in [0.1, 0.15) is 11.1 Å². The third-order valence-corrected chi connectivity index (χ3v) is 5.20. The van der Waals surface area contributed by atoms with Gasteiger partial charge in [0.1, 0.15) is 0 Å². The van der Waals surface area contributed by atoms with Crippen LogP contribution in [0.5, 0.6) is 0 Å². The molecule has 0 N–H and O–H groups in total. The van der Waals surface area contributed by atoms with E-state index in [1.807, 2.05) is 36.4 Å². The molecule has 3 rings (SSSR count). The van der Waals surface area contributed by atoms with Crippen molar-refractivity contribution >= 4 is 46.0 Å². The fourth-order valence-electron chi connectivity index (χ4n) is 2.43. The summed E-state index contributed by atoms with van der Waals surface area (Å²) < 4.78 is 0. The van der Waals surface area contributed by atoms with Gasteiger partial charge in [0.25, 0.3) is 0 Å². The molecule has 6 heteroatoms. The van der Waals surface area contributed by atoms with Gasteiger partial charge in [-0.3, -0.25) is 14.7 Å². The normalized spacial score (nSPS) is 13.9. The van der Waals surface area contributed by atoms with E-state index in [-0.39, 0.29) is 5.91 Å². The summed E-state index contributed by atoms with van der Waals surface area (Å²) in [6, 6.07) is 15.1. The molecule has 0 fully saturated rings. The minimum Gasteiger partial charge on any atom is -0.289 e. The average Bonchev–Trinajstić information content (AvgIpc) is 3.04. The quantitative estimate of drug-likeness (QED) is 0.774. The maximum Gasteiger partial charge on any atom is 0.233 e. The van der Waals surface area contributed by atoms with Crippen LogP contribution in [0.4, 0.5) is 0 Å². The van der Waals surface area contributed by atoms with Gasteiger partial charge in [-0.15, -0.1) is 0 Å². The van der Waals surface area contributed by atoms with Gasteiger partial charge in [-0.25, -0.2) is 0 Å². The van der Waals surface area contributed by atoms with E-state index in [9.17, 15) is 4.79 Å². The number of thioether (sulfide) groups is 1. The van der Waals surface area contributed by atoms with Crippen LogP contribution in [0.25, 0.3) is 0 Å². The maximum atomic E-state index is 12.6. The first kappa shape index (κ1) is 17.3. The highest BCUT2D eigenvalue weighted by molar-refractivity contribution is 8.13. The lowest BCUT2D eigenvalue weighted by Crippen LogP contribution is -2.34. The lowest BCUT2D eigenvalue weighted by molar-refractivity contribution is -0.126. The molecule has 124 valence electrons. The summed E-state index contributed by atoms with van der Waals surface area (Å²) in [5.74, 6) is 0.802. The van der Waals surface area contributed by atoms with Gasteiger partial charge in [0, 0.05) is 22.3 Å². The first-order valence-corrected chi connectivity index (χ1v) is 9.32. The SMILES string of the molecule is O=C(Cc1ccc(Cl)cc1)N1CCN=C1SCc1cccc(Cl)c1. The highest BCUT2D eigenvalue weighted by Gasteiger charge is 2.24. The number of hydrogen-bond acceptors (Lipinski definition) is 3. The topological polar surface area (TPSA) is 32.7 Å². The van der Waals surface area contributed by atoms with E-state index < -0.39 is 0 Å². The maximum absolute atomic E-state index is 12.6. The van der Waals surface area contributed by atoms with Crippen LogP contribution in [-0.4, -0.2) is 29.1 Å². The summed E-state index contributed by atoms with van der Waals surface area (Å²) in [5.41, 5.74) is 2.07. The zero-order chi connectivity index (χ0) is 16.9. The molecule has 2 aromatic carbocycles. The highest BCUT2D eigenvalue weighted by Crippen LogP contribution is 2.22. The summed E-state index contributed by atoms with van der Waals surface area (Å²) in [6.07, 6.45) is 0.355. The number of carbonyl (C=O) groups is 1. The largest absolute Gasteiger partial charge is 0.289 e. The van der Waals surface area contributed by atoms with E-state index in [2.05, 4.69) is 4.99 Å². The summed E-state index contributed by atoms with van der Waals surface area (Å²) in [7, 11) is 0. The number of amidine groups is 1. The van der Waals surface area contributed by atoms with Crippen molar-refractivity contribution in [1.82, 2.24) is 4.90 Å². The number of rotatable bonds is 4. The van der Waals surface area contributed by atoms with Gasteiger partial charge in [0.05, 0.1) is 13.0 Å². The third kappa shape index (κ3) is 4.53. The van der Waals surface area contributed by atoms with Gasteiger partial charge in [-0.2, -0.15) is 0 Å². The van der Waals surface area contributed by atoms with Crippen LogP contribution in [0, 0.1) is 0 Å². The Morgan fingerprint density at radius 3 is 2.62 bits per heavy atom. The van der Waals surface area contributed by atoms with Gasteiger partial charge in [0.15, 0.2) is 5.17 Å². The number of carbonyl (C=O) groups excluding carboxylic acids is 1. The molecule has 1 heterocycles. The molecule has 0 spiro atoms. The predicted octanol–water partition coefficient (Wildman–Crippen LogP) is 4.67. The molecule has 0 atom stereocenters. The van der Waals surface area contributed by atoms with E-state index in [0.717, 1.165) is 27.1 Å². The van der Waals surface area contributed by atoms with Crippen LogP contribution in [0.2, 0.25) is 10.0 Å². The Kier molecular flexibility index (Phi) is 5.82. The Balaban J connectivity index is 1.60. The van der Waals surface area contributed by atoms with Crippen LogP contribution < -0.4 is 0 Å². The Morgan fingerprint density at radius 2 is 1.88 bits per heavy atom. The van der Waals surface area contributed by atoms with E-state index in [1.54, 1.807) is 28.8 Å². The van der Waals surface area contributed by atoms with Crippen LogP contribution >= 0.6 is 35.0 Å². The Hall–Kier alpha value is -1.49. The smallest absolute Gasteiger partial charge is 0.233 e. The summed E-state index contributed by atoms with van der Waals surface area (Å²) in [4.78, 5) is 18.8. The number of nitrogens with zero attached hydrogens (tertiary/aromatic N) is 2. The summed E-state index contributed by atoms with van der Waals surface area (Å²) in [6.45, 7) is 1.30. The molecule has 3 nitrogen and oxygen atoms in total. The van der Waals surface area contributed by atoms with Crippen molar-refractivity contribution in [2.45, 2.75) is 12.2 Å². The second kappa shape index (κ2) is 8.06.